The Kier molecular flexibility index (Phi) is 4.68. The highest BCUT2D eigenvalue weighted by atomic mass is 35.5. The van der Waals surface area contributed by atoms with E-state index in [1.807, 2.05) is 19.1 Å². The van der Waals surface area contributed by atoms with E-state index in [2.05, 4.69) is 17.2 Å². The Morgan fingerprint density at radius 2 is 2.07 bits per heavy atom. The summed E-state index contributed by atoms with van der Waals surface area (Å²) in [7, 11) is 0. The average Bonchev–Trinajstić information content (AvgIpc) is 2.26. The molecular weight excluding hydrogens is 231 g/mol. The van der Waals surface area contributed by atoms with Crippen molar-refractivity contribution in [3.63, 3.8) is 0 Å². The first-order chi connectivity index (χ1) is 7.15. The summed E-state index contributed by atoms with van der Waals surface area (Å²) in [5.74, 6) is 0.989. The van der Waals surface area contributed by atoms with Crippen molar-refractivity contribution >= 4 is 28.9 Å². The normalized spacial score (nSPS) is 11.5. The van der Waals surface area contributed by atoms with Gasteiger partial charge >= 0.3 is 0 Å². The number of hydrogen-bond acceptors (Lipinski definition) is 2. The molecule has 1 rings (SSSR count). The third-order valence-corrected chi connectivity index (χ3v) is 3.52. The van der Waals surface area contributed by atoms with Crippen LogP contribution in [0.4, 0.5) is 5.69 Å². The molecule has 0 spiro atoms. The molecule has 1 aromatic rings. The zero-order chi connectivity index (χ0) is 11.3. The molecule has 0 saturated heterocycles. The van der Waals surface area contributed by atoms with E-state index < -0.39 is 0 Å². The summed E-state index contributed by atoms with van der Waals surface area (Å²) >= 11 is 11.9. The molecule has 0 aliphatic carbocycles. The first-order valence-electron chi connectivity index (χ1n) is 4.98. The van der Waals surface area contributed by atoms with Gasteiger partial charge in [-0.3, -0.25) is 4.98 Å². The molecule has 0 fully saturated rings. The SMILES string of the molecule is CCC(CCl)(CCl)Nc1ccnc(C)c1. The Balaban J connectivity index is 2.82. The molecule has 0 aliphatic heterocycles. The van der Waals surface area contributed by atoms with Gasteiger partial charge in [0, 0.05) is 29.3 Å². The van der Waals surface area contributed by atoms with E-state index >= 15 is 0 Å². The van der Waals surface area contributed by atoms with Gasteiger partial charge in [0.05, 0.1) is 5.54 Å². The number of anilines is 1. The topological polar surface area (TPSA) is 24.9 Å². The fourth-order valence-electron chi connectivity index (χ4n) is 1.31. The van der Waals surface area contributed by atoms with Gasteiger partial charge in [0.1, 0.15) is 0 Å². The van der Waals surface area contributed by atoms with E-state index in [0.717, 1.165) is 17.8 Å². The van der Waals surface area contributed by atoms with Crippen LogP contribution in [0.5, 0.6) is 0 Å². The maximum atomic E-state index is 5.95. The first kappa shape index (κ1) is 12.6. The number of halogens is 2. The molecule has 0 aromatic carbocycles. The molecule has 1 N–H and O–H groups in total. The van der Waals surface area contributed by atoms with Crippen LogP contribution >= 0.6 is 23.2 Å². The molecule has 0 unspecified atom stereocenters. The quantitative estimate of drug-likeness (QED) is 0.806. The summed E-state index contributed by atoms with van der Waals surface area (Å²) < 4.78 is 0. The van der Waals surface area contributed by atoms with E-state index in [1.165, 1.54) is 0 Å². The van der Waals surface area contributed by atoms with Crippen molar-refractivity contribution in [1.29, 1.82) is 0 Å². The van der Waals surface area contributed by atoms with Gasteiger partial charge in [0.15, 0.2) is 0 Å². The van der Waals surface area contributed by atoms with Crippen LogP contribution < -0.4 is 5.32 Å². The van der Waals surface area contributed by atoms with Crippen molar-refractivity contribution in [2.45, 2.75) is 25.8 Å². The van der Waals surface area contributed by atoms with Crippen LogP contribution in [0.25, 0.3) is 0 Å². The lowest BCUT2D eigenvalue weighted by atomic mass is 10.0. The first-order valence-corrected chi connectivity index (χ1v) is 6.05. The zero-order valence-corrected chi connectivity index (χ0v) is 10.6. The van der Waals surface area contributed by atoms with E-state index in [4.69, 9.17) is 23.2 Å². The molecule has 0 atom stereocenters. The predicted molar refractivity (Wildman–Crippen MR) is 67.1 cm³/mol. The van der Waals surface area contributed by atoms with Crippen LogP contribution in [0.3, 0.4) is 0 Å². The van der Waals surface area contributed by atoms with Crippen molar-refractivity contribution in [2.24, 2.45) is 0 Å². The van der Waals surface area contributed by atoms with Crippen molar-refractivity contribution in [3.05, 3.63) is 24.0 Å². The molecule has 0 amide bonds. The molecule has 15 heavy (non-hydrogen) atoms. The lowest BCUT2D eigenvalue weighted by molar-refractivity contribution is 0.560. The Morgan fingerprint density at radius 3 is 2.53 bits per heavy atom. The number of aromatic nitrogens is 1. The lowest BCUT2D eigenvalue weighted by Gasteiger charge is -2.30. The Morgan fingerprint density at radius 1 is 1.40 bits per heavy atom. The standard InChI is InChI=1S/C11H16Cl2N2/c1-3-11(7-12,8-13)15-10-4-5-14-9(2)6-10/h4-6H,3,7-8H2,1-2H3,(H,14,15). The van der Waals surface area contributed by atoms with Crippen molar-refractivity contribution in [1.82, 2.24) is 4.98 Å². The molecule has 2 nitrogen and oxygen atoms in total. The molecule has 0 saturated carbocycles. The molecule has 0 bridgehead atoms. The van der Waals surface area contributed by atoms with Gasteiger partial charge in [-0.05, 0) is 25.5 Å². The van der Waals surface area contributed by atoms with Gasteiger partial charge in [-0.2, -0.15) is 0 Å². The fraction of sp³-hybridized carbons (Fsp3) is 0.545. The highest BCUT2D eigenvalue weighted by Gasteiger charge is 2.25. The molecule has 0 radical (unpaired) electrons. The second-order valence-corrected chi connectivity index (χ2v) is 4.25. The van der Waals surface area contributed by atoms with E-state index in [0.29, 0.717) is 11.8 Å². The average molecular weight is 247 g/mol. The van der Waals surface area contributed by atoms with E-state index in [1.54, 1.807) is 6.20 Å². The Hall–Kier alpha value is -0.470. The molecule has 1 aromatic heterocycles. The van der Waals surface area contributed by atoms with E-state index in [9.17, 15) is 0 Å². The third-order valence-electron chi connectivity index (χ3n) is 2.49. The summed E-state index contributed by atoms with van der Waals surface area (Å²) in [6, 6.07) is 3.92. The fourth-order valence-corrected chi connectivity index (χ4v) is 2.11. The summed E-state index contributed by atoms with van der Waals surface area (Å²) in [5.41, 5.74) is 1.77. The Bertz CT molecular complexity index is 303. The maximum absolute atomic E-state index is 5.95. The van der Waals surface area contributed by atoms with Gasteiger partial charge in [-0.25, -0.2) is 0 Å². The predicted octanol–water partition coefficient (Wildman–Crippen LogP) is 3.43. The molecular formula is C11H16Cl2N2. The van der Waals surface area contributed by atoms with Gasteiger partial charge < -0.3 is 5.32 Å². The number of pyridine rings is 1. The van der Waals surface area contributed by atoms with Crippen LogP contribution in [0.15, 0.2) is 18.3 Å². The van der Waals surface area contributed by atoms with Crippen molar-refractivity contribution in [2.75, 3.05) is 17.1 Å². The molecule has 84 valence electrons. The minimum atomic E-state index is -0.225. The number of nitrogens with one attached hydrogen (secondary N) is 1. The zero-order valence-electron chi connectivity index (χ0n) is 9.06. The summed E-state index contributed by atoms with van der Waals surface area (Å²) in [5, 5.41) is 3.38. The van der Waals surface area contributed by atoms with Crippen LogP contribution in [0.2, 0.25) is 0 Å². The number of hydrogen-bond donors (Lipinski definition) is 1. The Labute approximate surface area is 101 Å². The summed E-state index contributed by atoms with van der Waals surface area (Å²) in [6.07, 6.45) is 2.67. The van der Waals surface area contributed by atoms with E-state index in [-0.39, 0.29) is 5.54 Å². The van der Waals surface area contributed by atoms with Crippen LogP contribution in [-0.2, 0) is 0 Å². The third kappa shape index (κ3) is 3.25. The maximum Gasteiger partial charge on any atom is 0.0641 e. The van der Waals surface area contributed by atoms with Crippen molar-refractivity contribution in [3.8, 4) is 0 Å². The monoisotopic (exact) mass is 246 g/mol. The number of nitrogens with zero attached hydrogens (tertiary/aromatic N) is 1. The number of alkyl halides is 2. The minimum absolute atomic E-state index is 0.225. The van der Waals surface area contributed by atoms with Crippen LogP contribution in [-0.4, -0.2) is 22.3 Å². The highest BCUT2D eigenvalue weighted by Crippen LogP contribution is 2.22. The second-order valence-electron chi connectivity index (χ2n) is 3.71. The van der Waals surface area contributed by atoms with Gasteiger partial charge in [-0.15, -0.1) is 23.2 Å². The second kappa shape index (κ2) is 5.57. The van der Waals surface area contributed by atoms with Crippen molar-refractivity contribution < 1.29 is 0 Å². The van der Waals surface area contributed by atoms with Gasteiger partial charge in [0.25, 0.3) is 0 Å². The molecule has 4 heteroatoms. The van der Waals surface area contributed by atoms with Crippen LogP contribution in [0, 0.1) is 6.92 Å². The summed E-state index contributed by atoms with van der Waals surface area (Å²) in [6.45, 7) is 4.03. The summed E-state index contributed by atoms with van der Waals surface area (Å²) in [4.78, 5) is 4.14. The van der Waals surface area contributed by atoms with Gasteiger partial charge in [-0.1, -0.05) is 6.92 Å². The van der Waals surface area contributed by atoms with Gasteiger partial charge in [0.2, 0.25) is 0 Å². The number of rotatable bonds is 5. The molecule has 1 heterocycles. The highest BCUT2D eigenvalue weighted by molar-refractivity contribution is 6.22. The minimum Gasteiger partial charge on any atom is -0.377 e. The lowest BCUT2D eigenvalue weighted by Crippen LogP contribution is -2.41. The van der Waals surface area contributed by atoms with Crippen LogP contribution in [0.1, 0.15) is 19.0 Å². The smallest absolute Gasteiger partial charge is 0.0641 e. The molecule has 0 aliphatic rings. The number of aryl methyl sites for hydroxylation is 1. The largest absolute Gasteiger partial charge is 0.377 e.